The third-order valence-electron chi connectivity index (χ3n) is 2.60. The zero-order chi connectivity index (χ0) is 12.6. The van der Waals surface area contributed by atoms with Gasteiger partial charge in [-0.15, -0.1) is 0 Å². The summed E-state index contributed by atoms with van der Waals surface area (Å²) in [7, 11) is 0. The van der Waals surface area contributed by atoms with Crippen LogP contribution < -0.4 is 0 Å². The van der Waals surface area contributed by atoms with Gasteiger partial charge >= 0.3 is 5.97 Å². The van der Waals surface area contributed by atoms with Gasteiger partial charge in [-0.2, -0.15) is 0 Å². The number of carboxylic acids is 1. The van der Waals surface area contributed by atoms with E-state index in [0.29, 0.717) is 0 Å². The van der Waals surface area contributed by atoms with Crippen LogP contribution in [0, 0.1) is 17.5 Å². The molecule has 1 aromatic carbocycles. The molecule has 1 aliphatic rings. The Morgan fingerprint density at radius 3 is 2.59 bits per heavy atom. The van der Waals surface area contributed by atoms with Crippen molar-refractivity contribution in [3.05, 3.63) is 35.1 Å². The first kappa shape index (κ1) is 11.6. The van der Waals surface area contributed by atoms with Crippen LogP contribution in [0.1, 0.15) is 18.4 Å². The third kappa shape index (κ3) is 2.02. The van der Waals surface area contributed by atoms with E-state index in [9.17, 15) is 18.0 Å². The molecule has 1 heterocycles. The number of nitrogens with zero attached hydrogens (tertiary/aromatic N) is 1. The highest BCUT2D eigenvalue weighted by molar-refractivity contribution is 6.03. The number of halogens is 3. The summed E-state index contributed by atoms with van der Waals surface area (Å²) in [4.78, 5) is 14.4. The fourth-order valence-corrected chi connectivity index (χ4v) is 1.72. The Morgan fingerprint density at radius 2 is 2.00 bits per heavy atom. The minimum atomic E-state index is -1.57. The van der Waals surface area contributed by atoms with E-state index in [1.807, 2.05) is 0 Å². The summed E-state index contributed by atoms with van der Waals surface area (Å²) in [5.74, 6) is -5.28. The molecule has 0 aromatic heterocycles. The monoisotopic (exact) mass is 243 g/mol. The van der Waals surface area contributed by atoms with E-state index < -0.39 is 29.5 Å². The van der Waals surface area contributed by atoms with Crippen molar-refractivity contribution in [2.45, 2.75) is 18.9 Å². The summed E-state index contributed by atoms with van der Waals surface area (Å²) in [6.45, 7) is 0. The van der Waals surface area contributed by atoms with Gasteiger partial charge in [0, 0.05) is 11.3 Å². The molecule has 0 saturated carbocycles. The molecule has 3 nitrogen and oxygen atoms in total. The topological polar surface area (TPSA) is 49.7 Å². The molecule has 1 aromatic rings. The van der Waals surface area contributed by atoms with Gasteiger partial charge in [0.05, 0.1) is 0 Å². The normalized spacial score (nSPS) is 19.2. The SMILES string of the molecule is O=C(O)[C@H]1CCC(c2ccc(F)c(F)c2F)=N1. The first-order valence-corrected chi connectivity index (χ1v) is 4.94. The average Bonchev–Trinajstić information content (AvgIpc) is 2.75. The van der Waals surface area contributed by atoms with Crippen LogP contribution in [0.3, 0.4) is 0 Å². The Morgan fingerprint density at radius 1 is 1.29 bits per heavy atom. The zero-order valence-electron chi connectivity index (χ0n) is 8.58. The summed E-state index contributed by atoms with van der Waals surface area (Å²) in [6.07, 6.45) is 0.474. The van der Waals surface area contributed by atoms with Crippen molar-refractivity contribution in [3.8, 4) is 0 Å². The quantitative estimate of drug-likeness (QED) is 0.809. The second kappa shape index (κ2) is 4.20. The van der Waals surface area contributed by atoms with Crippen LogP contribution in [0.25, 0.3) is 0 Å². The van der Waals surface area contributed by atoms with Gasteiger partial charge in [0.15, 0.2) is 17.5 Å². The average molecular weight is 243 g/mol. The summed E-state index contributed by atoms with van der Waals surface area (Å²) in [5, 5.41) is 8.71. The van der Waals surface area contributed by atoms with Gasteiger partial charge in [0.1, 0.15) is 6.04 Å². The van der Waals surface area contributed by atoms with Crippen molar-refractivity contribution < 1.29 is 23.1 Å². The molecule has 0 spiro atoms. The minimum absolute atomic E-state index is 0.161. The smallest absolute Gasteiger partial charge is 0.328 e. The molecule has 0 aliphatic carbocycles. The molecule has 1 N–H and O–H groups in total. The number of hydrogen-bond donors (Lipinski definition) is 1. The summed E-state index contributed by atoms with van der Waals surface area (Å²) < 4.78 is 39.1. The lowest BCUT2D eigenvalue weighted by molar-refractivity contribution is -0.138. The van der Waals surface area contributed by atoms with Gasteiger partial charge in [-0.1, -0.05) is 0 Å². The van der Waals surface area contributed by atoms with E-state index in [1.54, 1.807) is 0 Å². The van der Waals surface area contributed by atoms with E-state index in [4.69, 9.17) is 5.11 Å². The molecular formula is C11H8F3NO2. The molecule has 2 rings (SSSR count). The van der Waals surface area contributed by atoms with Gasteiger partial charge in [-0.05, 0) is 25.0 Å². The van der Waals surface area contributed by atoms with Gasteiger partial charge in [0.2, 0.25) is 0 Å². The van der Waals surface area contributed by atoms with Crippen molar-refractivity contribution in [1.29, 1.82) is 0 Å². The van der Waals surface area contributed by atoms with Crippen molar-refractivity contribution in [2.24, 2.45) is 4.99 Å². The van der Waals surface area contributed by atoms with Gasteiger partial charge in [-0.25, -0.2) is 18.0 Å². The van der Waals surface area contributed by atoms with Crippen molar-refractivity contribution in [1.82, 2.24) is 0 Å². The van der Waals surface area contributed by atoms with Crippen LogP contribution >= 0.6 is 0 Å². The van der Waals surface area contributed by atoms with Crippen molar-refractivity contribution >= 4 is 11.7 Å². The maximum Gasteiger partial charge on any atom is 0.328 e. The largest absolute Gasteiger partial charge is 0.480 e. The number of benzene rings is 1. The van der Waals surface area contributed by atoms with Gasteiger partial charge in [-0.3, -0.25) is 4.99 Å². The Kier molecular flexibility index (Phi) is 2.87. The van der Waals surface area contributed by atoms with Crippen molar-refractivity contribution in [3.63, 3.8) is 0 Å². The lowest BCUT2D eigenvalue weighted by Gasteiger charge is -2.03. The first-order chi connectivity index (χ1) is 8.00. The number of aliphatic imine (C=N–C) groups is 1. The molecule has 17 heavy (non-hydrogen) atoms. The first-order valence-electron chi connectivity index (χ1n) is 4.94. The third-order valence-corrected chi connectivity index (χ3v) is 2.60. The number of aliphatic carboxylic acids is 1. The molecule has 0 radical (unpaired) electrons. The molecule has 90 valence electrons. The highest BCUT2D eigenvalue weighted by Crippen LogP contribution is 2.23. The van der Waals surface area contributed by atoms with Crippen molar-refractivity contribution in [2.75, 3.05) is 0 Å². The Bertz CT molecular complexity index is 514. The Hall–Kier alpha value is -1.85. The van der Waals surface area contributed by atoms with Crippen LogP contribution in [0.15, 0.2) is 17.1 Å². The molecule has 0 saturated heterocycles. The number of rotatable bonds is 2. The van der Waals surface area contributed by atoms with E-state index >= 15 is 0 Å². The fraction of sp³-hybridized carbons (Fsp3) is 0.273. The molecule has 0 bridgehead atoms. The zero-order valence-corrected chi connectivity index (χ0v) is 8.58. The van der Waals surface area contributed by atoms with Gasteiger partial charge in [0.25, 0.3) is 0 Å². The minimum Gasteiger partial charge on any atom is -0.480 e. The summed E-state index contributed by atoms with van der Waals surface area (Å²) in [5.41, 5.74) is -0.0125. The second-order valence-corrected chi connectivity index (χ2v) is 3.69. The van der Waals surface area contributed by atoms with Crippen LogP contribution in [-0.4, -0.2) is 22.8 Å². The van der Waals surface area contributed by atoms with E-state index in [1.165, 1.54) is 0 Å². The summed E-state index contributed by atoms with van der Waals surface area (Å²) in [6, 6.07) is 0.929. The second-order valence-electron chi connectivity index (χ2n) is 3.69. The maximum absolute atomic E-state index is 13.4. The molecular weight excluding hydrogens is 235 g/mol. The highest BCUT2D eigenvalue weighted by Gasteiger charge is 2.27. The molecule has 6 heteroatoms. The lowest BCUT2D eigenvalue weighted by Crippen LogP contribution is -2.13. The van der Waals surface area contributed by atoms with E-state index in [-0.39, 0.29) is 24.1 Å². The predicted molar refractivity (Wildman–Crippen MR) is 53.5 cm³/mol. The predicted octanol–water partition coefficient (Wildman–Crippen LogP) is 2.14. The highest BCUT2D eigenvalue weighted by atomic mass is 19.2. The summed E-state index contributed by atoms with van der Waals surface area (Å²) >= 11 is 0. The molecule has 0 amide bonds. The van der Waals surface area contributed by atoms with E-state index in [0.717, 1.165) is 12.1 Å². The number of carboxylic acid groups (broad SMARTS) is 1. The fourth-order valence-electron chi connectivity index (χ4n) is 1.72. The molecule has 1 atom stereocenters. The van der Waals surface area contributed by atoms with E-state index in [2.05, 4.69) is 4.99 Å². The van der Waals surface area contributed by atoms with Crippen LogP contribution in [0.2, 0.25) is 0 Å². The van der Waals surface area contributed by atoms with Crippen LogP contribution in [-0.2, 0) is 4.79 Å². The Labute approximate surface area is 94.6 Å². The van der Waals surface area contributed by atoms with Gasteiger partial charge < -0.3 is 5.11 Å². The number of hydrogen-bond acceptors (Lipinski definition) is 2. The Balaban J connectivity index is 2.40. The molecule has 0 unspecified atom stereocenters. The number of carbonyl (C=O) groups is 1. The molecule has 1 aliphatic heterocycles. The van der Waals surface area contributed by atoms with Crippen LogP contribution in [0.5, 0.6) is 0 Å². The standard InChI is InChI=1S/C11H8F3NO2/c12-6-2-1-5(9(13)10(6)14)7-3-4-8(15-7)11(16)17/h1-2,8H,3-4H2,(H,16,17)/t8-/m1/s1. The van der Waals surface area contributed by atoms with Crippen LogP contribution in [0.4, 0.5) is 13.2 Å². The molecule has 0 fully saturated rings. The maximum atomic E-state index is 13.4. The lowest BCUT2D eigenvalue weighted by atomic mass is 10.1.